The number of halogens is 1. The molecule has 0 spiro atoms. The highest BCUT2D eigenvalue weighted by Crippen LogP contribution is 2.41. The fraction of sp³-hybridized carbons (Fsp3) is 0.136. The third kappa shape index (κ3) is 2.92. The summed E-state index contributed by atoms with van der Waals surface area (Å²) in [6.45, 7) is -0.0942. The molecular weight excluding hydrogens is 355 g/mol. The standard InChI is InChI=1S/C22H18FN4O/c23-16-3-1-2-14(9-16)19-10-18-20(26-22(24)27-21(18)25-19)17-7-6-13(12-4-5-12)8-15(17)11-28/h1-3,6-10,28H,4-5,11H2,(H3,24,25,26,27). The normalized spacial score (nSPS) is 13.9. The average molecular weight is 373 g/mol. The summed E-state index contributed by atoms with van der Waals surface area (Å²) >= 11 is 0. The molecule has 0 atom stereocenters. The number of benzene rings is 2. The molecule has 6 heteroatoms. The Morgan fingerprint density at radius 3 is 2.64 bits per heavy atom. The van der Waals surface area contributed by atoms with Gasteiger partial charge in [0.2, 0.25) is 5.95 Å². The van der Waals surface area contributed by atoms with Crippen LogP contribution in [0, 0.1) is 11.7 Å². The zero-order valence-electron chi connectivity index (χ0n) is 15.0. The van der Waals surface area contributed by atoms with E-state index in [0.717, 1.165) is 35.0 Å². The highest BCUT2D eigenvalue weighted by Gasteiger charge is 2.25. The van der Waals surface area contributed by atoms with E-state index >= 15 is 0 Å². The molecule has 0 unspecified atom stereocenters. The van der Waals surface area contributed by atoms with Gasteiger partial charge in [-0.1, -0.05) is 30.3 Å². The first kappa shape index (κ1) is 16.9. The third-order valence-electron chi connectivity index (χ3n) is 5.08. The lowest BCUT2D eigenvalue weighted by molar-refractivity contribution is 0.282. The number of nitrogens with zero attached hydrogens (tertiary/aromatic N) is 2. The topological polar surface area (TPSA) is 87.8 Å². The maximum absolute atomic E-state index is 13.6. The molecule has 4 aromatic rings. The second kappa shape index (κ2) is 6.42. The van der Waals surface area contributed by atoms with E-state index in [4.69, 9.17) is 5.73 Å². The van der Waals surface area contributed by atoms with E-state index in [2.05, 4.69) is 21.0 Å². The molecule has 4 N–H and O–H groups in total. The Morgan fingerprint density at radius 1 is 1.04 bits per heavy atom. The molecule has 2 heterocycles. The zero-order chi connectivity index (χ0) is 19.3. The van der Waals surface area contributed by atoms with Crippen LogP contribution in [-0.2, 0) is 6.61 Å². The van der Waals surface area contributed by atoms with Crippen molar-refractivity contribution in [1.29, 1.82) is 0 Å². The maximum atomic E-state index is 13.6. The Hall–Kier alpha value is -3.25. The number of hydrogen-bond donors (Lipinski definition) is 3. The number of nitrogen functional groups attached to an aromatic ring is 1. The van der Waals surface area contributed by atoms with Crippen LogP contribution in [0.25, 0.3) is 33.5 Å². The summed E-state index contributed by atoms with van der Waals surface area (Å²) in [5.74, 6) is 1.24. The highest BCUT2D eigenvalue weighted by molar-refractivity contribution is 5.95. The zero-order valence-corrected chi connectivity index (χ0v) is 15.0. The van der Waals surface area contributed by atoms with E-state index < -0.39 is 0 Å². The minimum absolute atomic E-state index is 0.0942. The van der Waals surface area contributed by atoms with Gasteiger partial charge in [0, 0.05) is 28.1 Å². The first-order valence-electron chi connectivity index (χ1n) is 9.14. The van der Waals surface area contributed by atoms with Crippen LogP contribution in [0.3, 0.4) is 0 Å². The predicted molar refractivity (Wildman–Crippen MR) is 107 cm³/mol. The van der Waals surface area contributed by atoms with E-state index in [1.807, 2.05) is 24.3 Å². The van der Waals surface area contributed by atoms with Gasteiger partial charge in [0.15, 0.2) is 0 Å². The van der Waals surface area contributed by atoms with Gasteiger partial charge < -0.3 is 15.8 Å². The molecule has 0 aliphatic heterocycles. The molecule has 1 aliphatic carbocycles. The van der Waals surface area contributed by atoms with Crippen molar-refractivity contribution in [3.63, 3.8) is 0 Å². The van der Waals surface area contributed by atoms with E-state index in [9.17, 15) is 9.50 Å². The molecule has 2 aromatic heterocycles. The van der Waals surface area contributed by atoms with Crippen LogP contribution in [0.15, 0.2) is 48.5 Å². The van der Waals surface area contributed by atoms with E-state index in [0.29, 0.717) is 16.9 Å². The van der Waals surface area contributed by atoms with Crippen molar-refractivity contribution < 1.29 is 9.50 Å². The minimum Gasteiger partial charge on any atom is -0.392 e. The van der Waals surface area contributed by atoms with Gasteiger partial charge in [-0.2, -0.15) is 4.98 Å². The molecule has 5 rings (SSSR count). The number of aromatic amines is 1. The van der Waals surface area contributed by atoms with Gasteiger partial charge in [0.25, 0.3) is 0 Å². The summed E-state index contributed by atoms with van der Waals surface area (Å²) < 4.78 is 13.6. The van der Waals surface area contributed by atoms with E-state index in [-0.39, 0.29) is 18.4 Å². The van der Waals surface area contributed by atoms with Crippen LogP contribution < -0.4 is 5.73 Å². The quantitative estimate of drug-likeness (QED) is 0.500. The molecule has 1 fully saturated rings. The third-order valence-corrected chi connectivity index (χ3v) is 5.08. The van der Waals surface area contributed by atoms with E-state index in [1.54, 1.807) is 6.07 Å². The Balaban J connectivity index is 1.69. The number of nitrogens with one attached hydrogen (secondary N) is 1. The lowest BCUT2D eigenvalue weighted by atomic mass is 9.98. The van der Waals surface area contributed by atoms with Gasteiger partial charge in [-0.05, 0) is 42.2 Å². The molecule has 2 aromatic carbocycles. The molecular formula is C22H18FN4O. The monoisotopic (exact) mass is 373 g/mol. The summed E-state index contributed by atoms with van der Waals surface area (Å²) in [4.78, 5) is 11.9. The van der Waals surface area contributed by atoms with Crippen molar-refractivity contribution in [2.24, 2.45) is 0 Å². The van der Waals surface area contributed by atoms with Crippen molar-refractivity contribution >= 4 is 17.0 Å². The smallest absolute Gasteiger partial charge is 0.222 e. The summed E-state index contributed by atoms with van der Waals surface area (Å²) in [7, 11) is 0. The lowest BCUT2D eigenvalue weighted by Crippen LogP contribution is -2.00. The lowest BCUT2D eigenvalue weighted by Gasteiger charge is -2.10. The summed E-state index contributed by atoms with van der Waals surface area (Å²) in [5, 5.41) is 10.7. The number of aliphatic hydroxyl groups is 1. The summed E-state index contributed by atoms with van der Waals surface area (Å²) in [6.07, 6.45) is 2.23. The molecule has 0 bridgehead atoms. The number of aromatic nitrogens is 3. The summed E-state index contributed by atoms with van der Waals surface area (Å²) in [6, 6.07) is 14.3. The fourth-order valence-corrected chi connectivity index (χ4v) is 3.57. The van der Waals surface area contributed by atoms with Gasteiger partial charge in [-0.25, -0.2) is 9.37 Å². The number of hydrogen-bond acceptors (Lipinski definition) is 4. The van der Waals surface area contributed by atoms with Gasteiger partial charge in [-0.15, -0.1) is 0 Å². The SMILES string of the molecule is Nc1nc(-c2ccc([C]3CC3)cc2CO)c2cc(-c3cccc(F)c3)[nH]c2n1. The van der Waals surface area contributed by atoms with Crippen molar-refractivity contribution in [1.82, 2.24) is 15.0 Å². The Morgan fingerprint density at radius 2 is 1.89 bits per heavy atom. The first-order chi connectivity index (χ1) is 13.6. The molecule has 28 heavy (non-hydrogen) atoms. The Kier molecular flexibility index (Phi) is 3.87. The van der Waals surface area contributed by atoms with Gasteiger partial charge in [0.05, 0.1) is 12.3 Å². The molecule has 1 radical (unpaired) electrons. The van der Waals surface area contributed by atoms with Crippen LogP contribution in [0.5, 0.6) is 0 Å². The van der Waals surface area contributed by atoms with Crippen LogP contribution >= 0.6 is 0 Å². The van der Waals surface area contributed by atoms with Crippen LogP contribution in [0.1, 0.15) is 24.0 Å². The Bertz CT molecular complexity index is 1200. The van der Waals surface area contributed by atoms with Crippen LogP contribution in [0.4, 0.5) is 10.3 Å². The van der Waals surface area contributed by atoms with Crippen LogP contribution in [-0.4, -0.2) is 20.1 Å². The number of rotatable bonds is 4. The number of nitrogens with two attached hydrogens (primary N) is 1. The summed E-state index contributed by atoms with van der Waals surface area (Å²) in [5.41, 5.74) is 11.4. The highest BCUT2D eigenvalue weighted by atomic mass is 19.1. The minimum atomic E-state index is -0.308. The molecule has 5 nitrogen and oxygen atoms in total. The fourth-order valence-electron chi connectivity index (χ4n) is 3.57. The van der Waals surface area contributed by atoms with Gasteiger partial charge >= 0.3 is 0 Å². The molecule has 0 amide bonds. The second-order valence-electron chi connectivity index (χ2n) is 7.02. The van der Waals surface area contributed by atoms with Crippen molar-refractivity contribution in [3.05, 3.63) is 71.4 Å². The average Bonchev–Trinajstić information content (AvgIpc) is 3.46. The number of anilines is 1. The van der Waals surface area contributed by atoms with Gasteiger partial charge in [-0.3, -0.25) is 0 Å². The molecule has 0 saturated heterocycles. The number of aliphatic hydroxyl groups excluding tert-OH is 1. The molecule has 139 valence electrons. The molecule has 1 saturated carbocycles. The largest absolute Gasteiger partial charge is 0.392 e. The molecule has 1 aliphatic rings. The number of fused-ring (bicyclic) bond motifs is 1. The predicted octanol–water partition coefficient (Wildman–Crippen LogP) is 4.22. The first-order valence-corrected chi connectivity index (χ1v) is 9.14. The van der Waals surface area contributed by atoms with Crippen molar-refractivity contribution in [3.8, 4) is 22.5 Å². The second-order valence-corrected chi connectivity index (χ2v) is 7.02. The van der Waals surface area contributed by atoms with Gasteiger partial charge in [0.1, 0.15) is 11.5 Å². The van der Waals surface area contributed by atoms with Crippen molar-refractivity contribution in [2.45, 2.75) is 19.4 Å². The van der Waals surface area contributed by atoms with Crippen molar-refractivity contribution in [2.75, 3.05) is 5.73 Å². The van der Waals surface area contributed by atoms with Crippen LogP contribution in [0.2, 0.25) is 0 Å². The number of H-pyrrole nitrogens is 1. The van der Waals surface area contributed by atoms with E-state index in [1.165, 1.54) is 23.6 Å². The maximum Gasteiger partial charge on any atom is 0.222 e. The Labute approximate surface area is 161 Å².